The second-order valence-electron chi connectivity index (χ2n) is 9.64. The van der Waals surface area contributed by atoms with Gasteiger partial charge in [-0.1, -0.05) is 19.1 Å². The fourth-order valence-electron chi connectivity index (χ4n) is 4.48. The van der Waals surface area contributed by atoms with Crippen molar-refractivity contribution < 1.29 is 19.1 Å². The molecule has 0 amide bonds. The molecule has 2 N–H and O–H groups in total. The van der Waals surface area contributed by atoms with Gasteiger partial charge in [-0.25, -0.2) is 0 Å². The molecule has 0 aromatic heterocycles. The van der Waals surface area contributed by atoms with Crippen LogP contribution in [-0.4, -0.2) is 23.7 Å². The van der Waals surface area contributed by atoms with Crippen molar-refractivity contribution >= 4 is 60.4 Å². The zero-order valence-electron chi connectivity index (χ0n) is 23.5. The first-order valence-electron chi connectivity index (χ1n) is 13.2. The molecule has 0 spiro atoms. The van der Waals surface area contributed by atoms with Crippen molar-refractivity contribution in [1.29, 1.82) is 0 Å². The van der Waals surface area contributed by atoms with Crippen LogP contribution in [0.25, 0.3) is 0 Å². The van der Waals surface area contributed by atoms with Crippen molar-refractivity contribution in [2.75, 3.05) is 12.8 Å². The molecule has 4 rings (SSSR count). The van der Waals surface area contributed by atoms with Crippen LogP contribution in [0.3, 0.4) is 0 Å². The molecule has 4 aromatic rings. The van der Waals surface area contributed by atoms with Gasteiger partial charge in [0.2, 0.25) is 0 Å². The molecule has 0 saturated heterocycles. The number of nitrogens with zero attached hydrogens (tertiary/aromatic N) is 2. The molecule has 4 aromatic carbocycles. The number of thiocarbonyl (C=S) groups is 1. The maximum absolute atomic E-state index is 13.3. The van der Waals surface area contributed by atoms with Gasteiger partial charge in [-0.2, -0.15) is 0 Å². The second-order valence-corrected chi connectivity index (χ2v) is 10.6. The van der Waals surface area contributed by atoms with Gasteiger partial charge in [-0.3, -0.25) is 9.59 Å². The minimum absolute atomic E-state index is 0.0101. The summed E-state index contributed by atoms with van der Waals surface area (Å²) >= 11 is 5.59. The van der Waals surface area contributed by atoms with E-state index < -0.39 is 0 Å². The van der Waals surface area contributed by atoms with Crippen LogP contribution >= 0.6 is 21.5 Å². The van der Waals surface area contributed by atoms with Crippen molar-refractivity contribution in [1.82, 2.24) is 0 Å². The molecule has 1 unspecified atom stereocenters. The summed E-state index contributed by atoms with van der Waals surface area (Å²) in [4.78, 5) is 48.5. The topological polar surface area (TPSA) is 137 Å². The minimum atomic E-state index is -0.233. The molecule has 0 bridgehead atoms. The van der Waals surface area contributed by atoms with E-state index in [0.717, 1.165) is 12.0 Å². The molecule has 11 heteroatoms. The number of nitrogen functional groups attached to an aromatic ring is 1. The zero-order chi connectivity index (χ0) is 31.1. The Bertz CT molecular complexity index is 1760. The van der Waals surface area contributed by atoms with Crippen LogP contribution in [0.1, 0.15) is 49.9 Å². The normalized spacial score (nSPS) is 10.6. The largest absolute Gasteiger partial charge is 0.494 e. The summed E-state index contributed by atoms with van der Waals surface area (Å²) in [5.74, 6) is 0.103. The highest BCUT2D eigenvalue weighted by Crippen LogP contribution is 2.30. The summed E-state index contributed by atoms with van der Waals surface area (Å²) in [6, 6.07) is 19.6. The summed E-state index contributed by atoms with van der Waals surface area (Å²) in [7, 11) is 3.79. The Morgan fingerprint density at radius 1 is 0.791 bits per heavy atom. The molecule has 0 aliphatic rings. The third kappa shape index (κ3) is 7.41. The zero-order valence-corrected chi connectivity index (χ0v) is 25.4. The summed E-state index contributed by atoms with van der Waals surface area (Å²) in [5, 5.41) is 6.56. The number of ketones is 2. The third-order valence-corrected chi connectivity index (χ3v) is 7.63. The molecule has 0 radical (unpaired) electrons. The first-order valence-corrected chi connectivity index (χ1v) is 14.2. The Morgan fingerprint density at radius 3 is 2.09 bits per heavy atom. The number of nitrogens with two attached hydrogens (primary N) is 1. The lowest BCUT2D eigenvalue weighted by Crippen LogP contribution is -2.13. The number of methoxy groups -OCH3 is 1. The Labute approximate surface area is 255 Å². The molecule has 9 nitrogen and oxygen atoms in total. The molecule has 0 heterocycles. The van der Waals surface area contributed by atoms with E-state index in [9.17, 15) is 19.4 Å². The minimum Gasteiger partial charge on any atom is -0.494 e. The number of hydrogen-bond acceptors (Lipinski definition) is 10. The highest BCUT2D eigenvalue weighted by Gasteiger charge is 2.18. The van der Waals surface area contributed by atoms with Crippen molar-refractivity contribution in [2.24, 2.45) is 10.4 Å². The van der Waals surface area contributed by atoms with Gasteiger partial charge in [0.25, 0.3) is 0 Å². The van der Waals surface area contributed by atoms with Crippen LogP contribution in [0.5, 0.6) is 11.5 Å². The lowest BCUT2D eigenvalue weighted by Gasteiger charge is -2.15. The summed E-state index contributed by atoms with van der Waals surface area (Å²) in [5.41, 5.74) is 10.5. The Balaban J connectivity index is 1.66. The van der Waals surface area contributed by atoms with E-state index in [1.807, 2.05) is 13.0 Å². The standard InChI is InChI=1S/C32H28N3O6PS/c1-3-19-14-22(5-8-24(19)33)32(43)41-29-11-4-18(13-27(36)20-6-9-25(34-38)30(16-20)40-2)12-23(29)15-28(37)21-7-10-26(35-39)31(42)17-21/h4-12,14,16-17H,3,13,15,33,42H2,1-2H3. The van der Waals surface area contributed by atoms with Crippen LogP contribution in [0.2, 0.25) is 0 Å². The van der Waals surface area contributed by atoms with Crippen molar-refractivity contribution in [3.05, 3.63) is 116 Å². The number of rotatable bonds is 12. The number of ether oxygens (including phenoxy) is 2. The average molecular weight is 614 g/mol. The maximum atomic E-state index is 13.3. The first-order chi connectivity index (χ1) is 20.7. The number of hydrogen-bond donors (Lipinski definition) is 1. The van der Waals surface area contributed by atoms with Gasteiger partial charge in [0.15, 0.2) is 16.6 Å². The van der Waals surface area contributed by atoms with Crippen molar-refractivity contribution in [3.8, 4) is 11.5 Å². The Morgan fingerprint density at radius 2 is 1.44 bits per heavy atom. The van der Waals surface area contributed by atoms with E-state index in [2.05, 4.69) is 19.6 Å². The van der Waals surface area contributed by atoms with Crippen LogP contribution in [0.15, 0.2) is 83.2 Å². The smallest absolute Gasteiger partial charge is 0.198 e. The molecule has 0 aliphatic carbocycles. The van der Waals surface area contributed by atoms with Gasteiger partial charge in [-0.05, 0) is 106 Å². The lowest BCUT2D eigenvalue weighted by molar-refractivity contribution is 0.0986. The number of carbonyl (C=O) groups is 2. The van der Waals surface area contributed by atoms with Gasteiger partial charge in [0.1, 0.15) is 22.9 Å². The highest BCUT2D eigenvalue weighted by atomic mass is 32.1. The molecule has 0 fully saturated rings. The summed E-state index contributed by atoms with van der Waals surface area (Å²) < 4.78 is 11.3. The SMILES string of the molecule is CCc1cc(C(=S)Oc2ccc(CC(=O)c3ccc(N=O)c(OC)c3)cc2CC(=O)c2ccc(N=O)c(P)c2)ccc1N. The molecule has 43 heavy (non-hydrogen) atoms. The number of benzene rings is 4. The first kappa shape index (κ1) is 31.3. The molecule has 1 atom stereocenters. The van der Waals surface area contributed by atoms with E-state index in [0.29, 0.717) is 44.6 Å². The quantitative estimate of drug-likeness (QED) is 0.0610. The monoisotopic (exact) mass is 613 g/mol. The Kier molecular flexibility index (Phi) is 10.2. The van der Waals surface area contributed by atoms with Crippen molar-refractivity contribution in [2.45, 2.75) is 26.2 Å². The van der Waals surface area contributed by atoms with E-state index in [4.69, 9.17) is 27.4 Å². The summed E-state index contributed by atoms with van der Waals surface area (Å²) in [6.45, 7) is 1.99. The van der Waals surface area contributed by atoms with Crippen molar-refractivity contribution in [3.63, 3.8) is 0 Å². The second kappa shape index (κ2) is 14.0. The molecule has 0 saturated carbocycles. The fraction of sp³-hybridized carbons (Fsp3) is 0.156. The van der Waals surface area contributed by atoms with Gasteiger partial charge in [0.05, 0.1) is 7.11 Å². The molecule has 0 aliphatic heterocycles. The van der Waals surface area contributed by atoms with E-state index in [1.165, 1.54) is 37.4 Å². The average Bonchev–Trinajstić information content (AvgIpc) is 3.01. The van der Waals surface area contributed by atoms with E-state index in [-0.39, 0.29) is 46.6 Å². The number of nitroso groups, excluding NO2 is 2. The predicted molar refractivity (Wildman–Crippen MR) is 175 cm³/mol. The van der Waals surface area contributed by atoms with Gasteiger partial charge >= 0.3 is 0 Å². The van der Waals surface area contributed by atoms with E-state index in [1.54, 1.807) is 36.4 Å². The number of carbonyl (C=O) groups excluding carboxylic acids is 2. The van der Waals surface area contributed by atoms with Gasteiger partial charge < -0.3 is 15.2 Å². The van der Waals surface area contributed by atoms with Crippen LogP contribution in [-0.2, 0) is 19.3 Å². The fourth-order valence-corrected chi connectivity index (χ4v) is 5.02. The molecular formula is C32H28N3O6PS. The predicted octanol–water partition coefficient (Wildman–Crippen LogP) is 6.74. The molecule has 218 valence electrons. The number of Topliss-reactive ketones (excluding diaryl/α,β-unsaturated/α-hetero) is 2. The summed E-state index contributed by atoms with van der Waals surface area (Å²) in [6.07, 6.45) is 0.671. The van der Waals surface area contributed by atoms with Gasteiger partial charge in [-0.15, -0.1) is 19.1 Å². The molecular weight excluding hydrogens is 585 g/mol. The number of anilines is 1. The lowest BCUT2D eigenvalue weighted by atomic mass is 9.97. The van der Waals surface area contributed by atoms with Crippen LogP contribution in [0.4, 0.5) is 17.1 Å². The Hall–Kier alpha value is -4.66. The third-order valence-electron chi connectivity index (χ3n) is 6.85. The number of aryl methyl sites for hydroxylation is 1. The van der Waals surface area contributed by atoms with Crippen LogP contribution in [0, 0.1) is 9.81 Å². The van der Waals surface area contributed by atoms with Crippen LogP contribution < -0.4 is 20.5 Å². The van der Waals surface area contributed by atoms with Gasteiger partial charge in [0, 0.05) is 40.8 Å². The maximum Gasteiger partial charge on any atom is 0.198 e. The van der Waals surface area contributed by atoms with E-state index >= 15 is 0 Å². The highest BCUT2D eigenvalue weighted by molar-refractivity contribution is 7.80.